The second kappa shape index (κ2) is 65.0. The van der Waals surface area contributed by atoms with E-state index < -0.39 is 29.8 Å². The molecular weight excluding hydrogens is 785 g/mol. The Morgan fingerprint density at radius 2 is 0.323 bits per heavy atom. The fourth-order valence-corrected chi connectivity index (χ4v) is 6.56. The highest BCUT2D eigenvalue weighted by Gasteiger charge is 1.99. The van der Waals surface area contributed by atoms with Crippen molar-refractivity contribution in [2.45, 2.75) is 304 Å². The van der Waals surface area contributed by atoms with Gasteiger partial charge in [0, 0.05) is 32.1 Å². The predicted octanol–water partition coefficient (Wildman–Crippen LogP) is 16.8. The third-order valence-corrected chi connectivity index (χ3v) is 10.4. The Labute approximate surface area is 382 Å². The average Bonchev–Trinajstić information content (AvgIpc) is 3.22. The molecule has 0 amide bonds. The van der Waals surface area contributed by atoms with Crippen LogP contribution in [0.4, 0.5) is 0 Å². The van der Waals surface area contributed by atoms with Gasteiger partial charge in [-0.3, -0.25) is 24.0 Å². The molecule has 5 N–H and O–H groups in total. The second-order valence-electron chi connectivity index (χ2n) is 17.0. The summed E-state index contributed by atoms with van der Waals surface area (Å²) in [6.45, 7) is 10.7. The SMILES string of the molecule is CCCC(=O)O.CCCCCCCC(=O)O.CCCCCCCC(=O)O.CCCCCCCCCCCCCCCC(=O)O.CCCCCCCCCCCCCCCC(=O)O. The van der Waals surface area contributed by atoms with Crippen molar-refractivity contribution in [3.63, 3.8) is 0 Å². The van der Waals surface area contributed by atoms with Crippen molar-refractivity contribution in [3.05, 3.63) is 0 Å². The second-order valence-corrected chi connectivity index (χ2v) is 17.0. The summed E-state index contributed by atoms with van der Waals surface area (Å²) in [5, 5.41) is 41.4. The van der Waals surface area contributed by atoms with E-state index in [0.717, 1.165) is 57.8 Å². The van der Waals surface area contributed by atoms with E-state index in [-0.39, 0.29) is 0 Å². The molecule has 0 aliphatic rings. The molecule has 0 bridgehead atoms. The highest BCUT2D eigenvalue weighted by molar-refractivity contribution is 5.67. The predicted molar refractivity (Wildman–Crippen MR) is 260 cm³/mol. The lowest BCUT2D eigenvalue weighted by Crippen LogP contribution is -1.93. The molecule has 0 atom stereocenters. The Morgan fingerprint density at radius 3 is 0.419 bits per heavy atom. The van der Waals surface area contributed by atoms with Crippen LogP contribution < -0.4 is 0 Å². The minimum absolute atomic E-state index is 0.292. The van der Waals surface area contributed by atoms with Crippen LogP contribution in [0.3, 0.4) is 0 Å². The van der Waals surface area contributed by atoms with Gasteiger partial charge < -0.3 is 25.5 Å². The van der Waals surface area contributed by atoms with Crippen molar-refractivity contribution < 1.29 is 49.5 Å². The van der Waals surface area contributed by atoms with Crippen LogP contribution in [-0.2, 0) is 24.0 Å². The molecule has 0 radical (unpaired) electrons. The van der Waals surface area contributed by atoms with Crippen molar-refractivity contribution in [2.24, 2.45) is 0 Å². The van der Waals surface area contributed by atoms with Gasteiger partial charge in [0.15, 0.2) is 0 Å². The number of carbonyl (C=O) groups is 5. The van der Waals surface area contributed by atoms with E-state index in [4.69, 9.17) is 25.5 Å². The Hall–Kier alpha value is -2.65. The van der Waals surface area contributed by atoms with E-state index in [1.807, 2.05) is 6.92 Å². The molecule has 0 spiro atoms. The molecule has 0 rings (SSSR count). The van der Waals surface area contributed by atoms with Crippen LogP contribution in [0.2, 0.25) is 0 Å². The van der Waals surface area contributed by atoms with E-state index in [0.29, 0.717) is 32.1 Å². The molecule has 10 heteroatoms. The molecule has 0 aliphatic carbocycles. The summed E-state index contributed by atoms with van der Waals surface area (Å²) in [6.07, 6.45) is 47.3. The minimum atomic E-state index is -0.711. The summed E-state index contributed by atoms with van der Waals surface area (Å²) >= 11 is 0. The van der Waals surface area contributed by atoms with E-state index in [2.05, 4.69) is 27.7 Å². The molecule has 0 unspecified atom stereocenters. The van der Waals surface area contributed by atoms with Crippen LogP contribution in [0.15, 0.2) is 0 Å². The number of hydrogen-bond donors (Lipinski definition) is 5. The maximum Gasteiger partial charge on any atom is 0.303 e. The number of rotatable bonds is 42. The zero-order chi connectivity index (χ0) is 47.6. The van der Waals surface area contributed by atoms with Crippen molar-refractivity contribution >= 4 is 29.8 Å². The van der Waals surface area contributed by atoms with Crippen molar-refractivity contribution in [1.82, 2.24) is 0 Å². The number of unbranched alkanes of at least 4 members (excludes halogenated alkanes) is 32. The highest BCUT2D eigenvalue weighted by atomic mass is 16.4. The van der Waals surface area contributed by atoms with Crippen LogP contribution in [0.5, 0.6) is 0 Å². The monoisotopic (exact) mass is 889 g/mol. The van der Waals surface area contributed by atoms with Crippen molar-refractivity contribution in [2.75, 3.05) is 0 Å². The van der Waals surface area contributed by atoms with Gasteiger partial charge in [-0.05, 0) is 32.1 Å². The van der Waals surface area contributed by atoms with E-state index >= 15 is 0 Å². The zero-order valence-electron chi connectivity index (χ0n) is 41.5. The van der Waals surface area contributed by atoms with E-state index in [1.54, 1.807) is 0 Å². The Morgan fingerprint density at radius 1 is 0.194 bits per heavy atom. The standard InChI is InChI=1S/2C16H32O2.2C8H16O2.C4H8O2/c2*1-2-3-4-5-6-7-8-9-10-11-12-13-14-15-16(17)18;2*1-2-3-4-5-6-7-8(9)10;1-2-3-4(5)6/h2*2-15H2,1H3,(H,17,18);2*2-7H2,1H3,(H,9,10);2-3H2,1H3,(H,5,6). The molecule has 0 aliphatic heterocycles. The molecule has 0 heterocycles. The first kappa shape index (κ1) is 68.4. The lowest BCUT2D eigenvalue weighted by atomic mass is 10.0. The first-order valence-corrected chi connectivity index (χ1v) is 25.9. The fraction of sp³-hybridized carbons (Fsp3) is 0.904. The largest absolute Gasteiger partial charge is 0.481 e. The van der Waals surface area contributed by atoms with Gasteiger partial charge in [-0.15, -0.1) is 0 Å². The lowest BCUT2D eigenvalue weighted by molar-refractivity contribution is -0.138. The molecule has 0 aromatic heterocycles. The smallest absolute Gasteiger partial charge is 0.303 e. The fourth-order valence-electron chi connectivity index (χ4n) is 6.56. The van der Waals surface area contributed by atoms with Gasteiger partial charge in [-0.2, -0.15) is 0 Å². The number of aliphatic carboxylic acids is 5. The maximum atomic E-state index is 10.3. The molecule has 10 nitrogen and oxygen atoms in total. The Kier molecular flexibility index (Phi) is 71.7. The molecule has 0 aromatic rings. The van der Waals surface area contributed by atoms with Crippen molar-refractivity contribution in [1.29, 1.82) is 0 Å². The first-order chi connectivity index (χ1) is 29.9. The van der Waals surface area contributed by atoms with Crippen molar-refractivity contribution in [3.8, 4) is 0 Å². The molecule has 0 saturated carbocycles. The van der Waals surface area contributed by atoms with Gasteiger partial charge in [0.2, 0.25) is 0 Å². The van der Waals surface area contributed by atoms with E-state index in [9.17, 15) is 24.0 Å². The van der Waals surface area contributed by atoms with Crippen LogP contribution in [0.1, 0.15) is 304 Å². The zero-order valence-corrected chi connectivity index (χ0v) is 41.5. The van der Waals surface area contributed by atoms with Gasteiger partial charge in [0.1, 0.15) is 0 Å². The first-order valence-electron chi connectivity index (χ1n) is 25.9. The summed E-state index contributed by atoms with van der Waals surface area (Å²) in [6, 6.07) is 0. The molecule has 0 aromatic carbocycles. The number of carboxylic acid groups (broad SMARTS) is 5. The van der Waals surface area contributed by atoms with Crippen LogP contribution in [0.25, 0.3) is 0 Å². The van der Waals surface area contributed by atoms with Crippen LogP contribution in [-0.4, -0.2) is 55.4 Å². The Bertz CT molecular complexity index is 844. The van der Waals surface area contributed by atoms with Crippen LogP contribution >= 0.6 is 0 Å². The van der Waals surface area contributed by atoms with Gasteiger partial charge >= 0.3 is 29.8 Å². The molecular formula is C52H104O10. The van der Waals surface area contributed by atoms with Gasteiger partial charge in [-0.1, -0.05) is 240 Å². The third-order valence-electron chi connectivity index (χ3n) is 10.4. The molecule has 0 fully saturated rings. The average molecular weight is 889 g/mol. The van der Waals surface area contributed by atoms with Crippen LogP contribution in [0, 0.1) is 0 Å². The van der Waals surface area contributed by atoms with Gasteiger partial charge in [0.25, 0.3) is 0 Å². The lowest BCUT2D eigenvalue weighted by Gasteiger charge is -2.02. The third kappa shape index (κ3) is 92.6. The highest BCUT2D eigenvalue weighted by Crippen LogP contribution is 2.14. The normalized spacial score (nSPS) is 10.1. The summed E-state index contributed by atoms with van der Waals surface area (Å²) in [4.78, 5) is 50.3. The van der Waals surface area contributed by atoms with Gasteiger partial charge in [-0.25, -0.2) is 0 Å². The summed E-state index contributed by atoms with van der Waals surface area (Å²) in [7, 11) is 0. The number of hydrogen-bond acceptors (Lipinski definition) is 5. The van der Waals surface area contributed by atoms with E-state index in [1.165, 1.54) is 180 Å². The summed E-state index contributed by atoms with van der Waals surface area (Å²) in [5.41, 5.74) is 0. The number of carboxylic acids is 5. The quantitative estimate of drug-likeness (QED) is 0.0369. The van der Waals surface area contributed by atoms with Gasteiger partial charge in [0.05, 0.1) is 0 Å². The topological polar surface area (TPSA) is 186 Å². The minimum Gasteiger partial charge on any atom is -0.481 e. The molecule has 0 saturated heterocycles. The molecule has 372 valence electrons. The summed E-state index contributed by atoms with van der Waals surface area (Å²) < 4.78 is 0. The maximum absolute atomic E-state index is 10.3. The Balaban J connectivity index is -0.000000230. The summed E-state index contributed by atoms with van der Waals surface area (Å²) in [5.74, 6) is -3.36. The molecule has 62 heavy (non-hydrogen) atoms.